The molecule has 3 aromatic rings. The quantitative estimate of drug-likeness (QED) is 0.560. The number of aryl methyl sites for hydroxylation is 1. The fourth-order valence-corrected chi connectivity index (χ4v) is 3.32. The van der Waals surface area contributed by atoms with Gasteiger partial charge in [-0.3, -0.25) is 14.2 Å². The van der Waals surface area contributed by atoms with Gasteiger partial charge in [-0.2, -0.15) is 5.10 Å². The first kappa shape index (κ1) is 17.9. The van der Waals surface area contributed by atoms with Crippen LogP contribution in [-0.2, 0) is 13.0 Å². The van der Waals surface area contributed by atoms with Gasteiger partial charge in [-0.15, -0.1) is 0 Å². The molecule has 7 nitrogen and oxygen atoms in total. The number of carbonyl (C=O) groups is 1. The van der Waals surface area contributed by atoms with E-state index in [0.717, 1.165) is 30.0 Å². The molecule has 2 heterocycles. The van der Waals surface area contributed by atoms with E-state index < -0.39 is 0 Å². The fourth-order valence-electron chi connectivity index (χ4n) is 3.32. The zero-order valence-electron chi connectivity index (χ0n) is 15.7. The van der Waals surface area contributed by atoms with Gasteiger partial charge < -0.3 is 4.74 Å². The van der Waals surface area contributed by atoms with Crippen LogP contribution in [0.2, 0.25) is 0 Å². The first-order valence-corrected chi connectivity index (χ1v) is 9.09. The van der Waals surface area contributed by atoms with E-state index in [9.17, 15) is 9.59 Å². The predicted octanol–water partition coefficient (Wildman–Crippen LogP) is 2.51. The van der Waals surface area contributed by atoms with E-state index in [4.69, 9.17) is 4.74 Å². The number of fused-ring (bicyclic) bond motifs is 2. The van der Waals surface area contributed by atoms with E-state index in [1.807, 2.05) is 31.2 Å². The van der Waals surface area contributed by atoms with Crippen molar-refractivity contribution in [3.05, 3.63) is 69.8 Å². The van der Waals surface area contributed by atoms with Crippen molar-refractivity contribution in [3.8, 4) is 5.75 Å². The normalized spacial score (nSPS) is 13.4. The number of hydrogen-bond donors (Lipinski definition) is 1. The average Bonchev–Trinajstić information content (AvgIpc) is 3.20. The van der Waals surface area contributed by atoms with Crippen LogP contribution < -0.4 is 15.7 Å². The minimum Gasteiger partial charge on any atom is -0.497 e. The monoisotopic (exact) mass is 376 g/mol. The first-order valence-electron chi connectivity index (χ1n) is 9.09. The summed E-state index contributed by atoms with van der Waals surface area (Å²) >= 11 is 0. The molecule has 1 aliphatic heterocycles. The Morgan fingerprint density at radius 3 is 2.68 bits per heavy atom. The Kier molecular flexibility index (Phi) is 4.65. The zero-order chi connectivity index (χ0) is 19.7. The van der Waals surface area contributed by atoms with E-state index in [2.05, 4.69) is 15.5 Å². The standard InChI is InChI=1S/C21H20N4O3/c1-13(14-5-8-16(28-2)9-6-14)23-24-20(26)15-7-10-17-18(12-15)22-19-4-3-11-25(19)21(17)27/h5-10,12H,3-4,11H2,1-2H3,(H,24,26)/b23-13-. The van der Waals surface area contributed by atoms with Crippen molar-refractivity contribution in [2.75, 3.05) is 7.11 Å². The Morgan fingerprint density at radius 1 is 1.18 bits per heavy atom. The molecule has 1 aromatic heterocycles. The SMILES string of the molecule is COc1ccc(/C(C)=N\NC(=O)c2ccc3c(=O)n4c(nc3c2)CCC4)cc1. The van der Waals surface area contributed by atoms with Gasteiger partial charge in [-0.05, 0) is 61.4 Å². The Bertz CT molecular complexity index is 1150. The van der Waals surface area contributed by atoms with Crippen LogP contribution in [-0.4, -0.2) is 28.3 Å². The fraction of sp³-hybridized carbons (Fsp3) is 0.238. The molecule has 0 unspecified atom stereocenters. The highest BCUT2D eigenvalue weighted by Crippen LogP contribution is 2.16. The molecule has 0 fully saturated rings. The summed E-state index contributed by atoms with van der Waals surface area (Å²) in [5.41, 5.74) is 5.03. The molecule has 0 saturated heterocycles. The molecule has 4 rings (SSSR count). The summed E-state index contributed by atoms with van der Waals surface area (Å²) in [6, 6.07) is 12.3. The van der Waals surface area contributed by atoms with Crippen LogP contribution >= 0.6 is 0 Å². The highest BCUT2D eigenvalue weighted by Gasteiger charge is 2.17. The van der Waals surface area contributed by atoms with Crippen LogP contribution in [0.1, 0.15) is 35.1 Å². The molecule has 0 radical (unpaired) electrons. The lowest BCUT2D eigenvalue weighted by molar-refractivity contribution is 0.0955. The van der Waals surface area contributed by atoms with Crippen LogP contribution in [0, 0.1) is 0 Å². The predicted molar refractivity (Wildman–Crippen MR) is 107 cm³/mol. The van der Waals surface area contributed by atoms with Gasteiger partial charge in [0.2, 0.25) is 0 Å². The van der Waals surface area contributed by atoms with E-state index >= 15 is 0 Å². The molecule has 0 spiro atoms. The molecular weight excluding hydrogens is 356 g/mol. The largest absolute Gasteiger partial charge is 0.497 e. The number of nitrogens with zero attached hydrogens (tertiary/aromatic N) is 3. The van der Waals surface area contributed by atoms with Crippen LogP contribution in [0.4, 0.5) is 0 Å². The Labute approximate surface area is 161 Å². The molecule has 1 aliphatic rings. The first-order chi connectivity index (χ1) is 13.6. The summed E-state index contributed by atoms with van der Waals surface area (Å²) in [6.45, 7) is 2.52. The number of benzene rings is 2. The summed E-state index contributed by atoms with van der Waals surface area (Å²) in [5.74, 6) is 1.19. The number of nitrogens with one attached hydrogen (secondary N) is 1. The van der Waals surface area contributed by atoms with Crippen molar-refractivity contribution in [2.24, 2.45) is 5.10 Å². The van der Waals surface area contributed by atoms with Gasteiger partial charge in [-0.25, -0.2) is 10.4 Å². The van der Waals surface area contributed by atoms with Gasteiger partial charge >= 0.3 is 0 Å². The molecule has 1 amide bonds. The van der Waals surface area contributed by atoms with Crippen molar-refractivity contribution >= 4 is 22.5 Å². The summed E-state index contributed by atoms with van der Waals surface area (Å²) in [4.78, 5) is 29.6. The molecule has 28 heavy (non-hydrogen) atoms. The van der Waals surface area contributed by atoms with E-state index in [1.54, 1.807) is 29.9 Å². The maximum atomic E-state index is 12.5. The summed E-state index contributed by atoms with van der Waals surface area (Å²) in [5, 5.41) is 4.70. The van der Waals surface area contributed by atoms with Crippen molar-refractivity contribution in [1.29, 1.82) is 0 Å². The number of rotatable bonds is 4. The maximum absolute atomic E-state index is 12.5. The topological polar surface area (TPSA) is 85.6 Å². The highest BCUT2D eigenvalue weighted by molar-refractivity contribution is 6.01. The van der Waals surface area contributed by atoms with E-state index in [0.29, 0.717) is 28.7 Å². The van der Waals surface area contributed by atoms with E-state index in [-0.39, 0.29) is 11.5 Å². The lowest BCUT2D eigenvalue weighted by Crippen LogP contribution is -2.22. The summed E-state index contributed by atoms with van der Waals surface area (Å²) < 4.78 is 6.85. The molecule has 2 aromatic carbocycles. The Balaban J connectivity index is 1.56. The van der Waals surface area contributed by atoms with Crippen molar-refractivity contribution in [1.82, 2.24) is 15.0 Å². The zero-order valence-corrected chi connectivity index (χ0v) is 15.7. The van der Waals surface area contributed by atoms with Crippen LogP contribution in [0.3, 0.4) is 0 Å². The van der Waals surface area contributed by atoms with Gasteiger partial charge in [0.15, 0.2) is 0 Å². The minimum absolute atomic E-state index is 0.0437. The molecule has 0 bridgehead atoms. The van der Waals surface area contributed by atoms with Crippen molar-refractivity contribution < 1.29 is 9.53 Å². The second-order valence-corrected chi connectivity index (χ2v) is 6.69. The van der Waals surface area contributed by atoms with Gasteiger partial charge in [0.25, 0.3) is 11.5 Å². The number of hydrazone groups is 1. The van der Waals surface area contributed by atoms with Crippen LogP contribution in [0.15, 0.2) is 52.4 Å². The lowest BCUT2D eigenvalue weighted by atomic mass is 10.1. The molecule has 7 heteroatoms. The van der Waals surface area contributed by atoms with Gasteiger partial charge in [0, 0.05) is 18.5 Å². The van der Waals surface area contributed by atoms with Crippen LogP contribution in [0.5, 0.6) is 5.75 Å². The van der Waals surface area contributed by atoms with Crippen LogP contribution in [0.25, 0.3) is 10.9 Å². The third-order valence-corrected chi connectivity index (χ3v) is 4.91. The third kappa shape index (κ3) is 3.26. The molecule has 0 atom stereocenters. The number of methoxy groups -OCH3 is 1. The highest BCUT2D eigenvalue weighted by atomic mass is 16.5. The molecular formula is C21H20N4O3. The van der Waals surface area contributed by atoms with Gasteiger partial charge in [0.1, 0.15) is 11.6 Å². The average molecular weight is 376 g/mol. The van der Waals surface area contributed by atoms with Gasteiger partial charge in [-0.1, -0.05) is 0 Å². The van der Waals surface area contributed by atoms with Crippen molar-refractivity contribution in [3.63, 3.8) is 0 Å². The molecule has 0 aliphatic carbocycles. The Hall–Kier alpha value is -3.48. The Morgan fingerprint density at radius 2 is 1.93 bits per heavy atom. The maximum Gasteiger partial charge on any atom is 0.271 e. The third-order valence-electron chi connectivity index (χ3n) is 4.91. The van der Waals surface area contributed by atoms with Crippen molar-refractivity contribution in [2.45, 2.75) is 26.3 Å². The number of carbonyl (C=O) groups excluding carboxylic acids is 1. The molecule has 142 valence electrons. The summed E-state index contributed by atoms with van der Waals surface area (Å²) in [7, 11) is 1.61. The lowest BCUT2D eigenvalue weighted by Gasteiger charge is -2.07. The second kappa shape index (κ2) is 7.26. The minimum atomic E-state index is -0.350. The smallest absolute Gasteiger partial charge is 0.271 e. The van der Waals surface area contributed by atoms with E-state index in [1.165, 1.54) is 0 Å². The second-order valence-electron chi connectivity index (χ2n) is 6.69. The number of amides is 1. The number of aromatic nitrogens is 2. The molecule has 0 saturated carbocycles. The molecule has 1 N–H and O–H groups in total. The number of hydrogen-bond acceptors (Lipinski definition) is 5. The van der Waals surface area contributed by atoms with Gasteiger partial charge in [0.05, 0.1) is 23.7 Å². The summed E-state index contributed by atoms with van der Waals surface area (Å²) in [6.07, 6.45) is 1.71. The number of ether oxygens (including phenoxy) is 1.